The molecule has 1 aromatic carbocycles. The summed E-state index contributed by atoms with van der Waals surface area (Å²) in [5, 5.41) is 2.73. The number of nitrogens with one attached hydrogen (secondary N) is 1. The molecular formula is C17H24N2O5S. The van der Waals surface area contributed by atoms with Crippen LogP contribution in [-0.4, -0.2) is 56.6 Å². The lowest BCUT2D eigenvalue weighted by Gasteiger charge is -2.41. The molecule has 2 rings (SSSR count). The molecule has 7 nitrogen and oxygen atoms in total. The van der Waals surface area contributed by atoms with Crippen LogP contribution < -0.4 is 10.1 Å². The summed E-state index contributed by atoms with van der Waals surface area (Å²) in [5.74, 6) is 0.0633. The molecule has 1 aliphatic rings. The van der Waals surface area contributed by atoms with Gasteiger partial charge in [-0.15, -0.1) is 0 Å². The maximum absolute atomic E-state index is 12.4. The Kier molecular flexibility index (Phi) is 5.72. The van der Waals surface area contributed by atoms with Crippen LogP contribution in [0.2, 0.25) is 0 Å². The predicted molar refractivity (Wildman–Crippen MR) is 93.1 cm³/mol. The van der Waals surface area contributed by atoms with Crippen molar-refractivity contribution in [3.63, 3.8) is 0 Å². The number of ether oxygens (including phenoxy) is 1. The van der Waals surface area contributed by atoms with Gasteiger partial charge in [-0.1, -0.05) is 0 Å². The lowest BCUT2D eigenvalue weighted by Crippen LogP contribution is -2.63. The van der Waals surface area contributed by atoms with Gasteiger partial charge in [0.1, 0.15) is 11.3 Å². The summed E-state index contributed by atoms with van der Waals surface area (Å²) in [6.07, 6.45) is 0.299. The largest absolute Gasteiger partial charge is 0.497 e. The summed E-state index contributed by atoms with van der Waals surface area (Å²) in [6, 6.07) is 6.17. The lowest BCUT2D eigenvalue weighted by molar-refractivity contribution is -0.149. The second-order valence-corrected chi connectivity index (χ2v) is 8.57. The first-order chi connectivity index (χ1) is 11.7. The zero-order chi connectivity index (χ0) is 18.7. The number of piperazine rings is 1. The molecule has 0 bridgehead atoms. The fourth-order valence-electron chi connectivity index (χ4n) is 2.79. The second kappa shape index (κ2) is 7.43. The highest BCUT2D eigenvalue weighted by molar-refractivity contribution is 7.91. The average molecular weight is 368 g/mol. The highest BCUT2D eigenvalue weighted by atomic mass is 32.2. The van der Waals surface area contributed by atoms with E-state index in [1.807, 2.05) is 0 Å². The molecule has 1 saturated heterocycles. The van der Waals surface area contributed by atoms with E-state index in [4.69, 9.17) is 4.74 Å². The molecule has 0 spiro atoms. The van der Waals surface area contributed by atoms with Crippen molar-refractivity contribution in [3.05, 3.63) is 24.3 Å². The van der Waals surface area contributed by atoms with Crippen molar-refractivity contribution >= 4 is 21.7 Å². The van der Waals surface area contributed by atoms with Crippen molar-refractivity contribution in [2.24, 2.45) is 0 Å². The number of hydrogen-bond donors (Lipinski definition) is 1. The Morgan fingerprint density at radius 2 is 1.92 bits per heavy atom. The zero-order valence-electron chi connectivity index (χ0n) is 14.7. The van der Waals surface area contributed by atoms with Gasteiger partial charge in [0, 0.05) is 19.5 Å². The summed E-state index contributed by atoms with van der Waals surface area (Å²) in [4.78, 5) is 26.0. The molecule has 1 aliphatic heterocycles. The van der Waals surface area contributed by atoms with Crippen LogP contribution in [0.15, 0.2) is 29.2 Å². The summed E-state index contributed by atoms with van der Waals surface area (Å²) in [7, 11) is -1.95. The Hall–Kier alpha value is -2.09. The third kappa shape index (κ3) is 4.31. The Morgan fingerprint density at radius 1 is 1.28 bits per heavy atom. The summed E-state index contributed by atoms with van der Waals surface area (Å²) in [5.41, 5.74) is -0.913. The lowest BCUT2D eigenvalue weighted by atomic mass is 9.98. The van der Waals surface area contributed by atoms with Gasteiger partial charge in [-0.2, -0.15) is 0 Å². The highest BCUT2D eigenvalue weighted by Gasteiger charge is 2.40. The molecule has 8 heteroatoms. The Morgan fingerprint density at radius 3 is 2.52 bits per heavy atom. The number of sulfone groups is 1. The van der Waals surface area contributed by atoms with E-state index in [-0.39, 0.29) is 35.3 Å². The fourth-order valence-corrected chi connectivity index (χ4v) is 4.10. The number of methoxy groups -OCH3 is 1. The van der Waals surface area contributed by atoms with Gasteiger partial charge in [0.15, 0.2) is 9.84 Å². The predicted octanol–water partition coefficient (Wildman–Crippen LogP) is 0.986. The van der Waals surface area contributed by atoms with Gasteiger partial charge in [-0.3, -0.25) is 9.59 Å². The van der Waals surface area contributed by atoms with Crippen molar-refractivity contribution in [2.45, 2.75) is 37.1 Å². The van der Waals surface area contributed by atoms with Gasteiger partial charge < -0.3 is 15.0 Å². The standard InChI is InChI=1S/C17H24N2O5S/c1-17(2)16(21)18-10-11-19(17)15(20)5-4-12-25(22,23)14-8-6-13(24-3)7-9-14/h6-9H,4-5,10-12H2,1-3H3,(H,18,21). The van der Waals surface area contributed by atoms with Crippen molar-refractivity contribution in [1.82, 2.24) is 10.2 Å². The number of carbonyl (C=O) groups is 2. The maximum atomic E-state index is 12.4. The number of rotatable bonds is 6. The molecule has 0 aliphatic carbocycles. The quantitative estimate of drug-likeness (QED) is 0.808. The van der Waals surface area contributed by atoms with Crippen LogP contribution in [0.5, 0.6) is 5.75 Å². The molecule has 0 aromatic heterocycles. The van der Waals surface area contributed by atoms with Crippen LogP contribution in [0.3, 0.4) is 0 Å². The highest BCUT2D eigenvalue weighted by Crippen LogP contribution is 2.21. The average Bonchev–Trinajstić information content (AvgIpc) is 2.57. The third-order valence-corrected chi connectivity index (χ3v) is 6.19. The third-order valence-electron chi connectivity index (χ3n) is 4.37. The van der Waals surface area contributed by atoms with Crippen LogP contribution in [-0.2, 0) is 19.4 Å². The van der Waals surface area contributed by atoms with Crippen LogP contribution in [0.4, 0.5) is 0 Å². The number of hydrogen-bond acceptors (Lipinski definition) is 5. The fraction of sp³-hybridized carbons (Fsp3) is 0.529. The van der Waals surface area contributed by atoms with Gasteiger partial charge in [-0.25, -0.2) is 8.42 Å². The van der Waals surface area contributed by atoms with E-state index >= 15 is 0 Å². The van der Waals surface area contributed by atoms with Gasteiger partial charge in [0.05, 0.1) is 17.8 Å². The summed E-state index contributed by atoms with van der Waals surface area (Å²) in [6.45, 7) is 4.22. The molecule has 1 heterocycles. The number of amides is 2. The van der Waals surface area contributed by atoms with E-state index in [0.717, 1.165) is 0 Å². The molecule has 0 atom stereocenters. The van der Waals surface area contributed by atoms with Crippen molar-refractivity contribution in [3.8, 4) is 5.75 Å². The molecule has 1 N–H and O–H groups in total. The maximum Gasteiger partial charge on any atom is 0.245 e. The molecule has 1 aromatic rings. The summed E-state index contributed by atoms with van der Waals surface area (Å²) >= 11 is 0. The molecule has 2 amide bonds. The van der Waals surface area contributed by atoms with E-state index in [9.17, 15) is 18.0 Å². The van der Waals surface area contributed by atoms with Gasteiger partial charge in [0.2, 0.25) is 11.8 Å². The molecule has 138 valence electrons. The van der Waals surface area contributed by atoms with Crippen molar-refractivity contribution < 1.29 is 22.7 Å². The van der Waals surface area contributed by atoms with Gasteiger partial charge in [-0.05, 0) is 44.5 Å². The molecule has 0 unspecified atom stereocenters. The monoisotopic (exact) mass is 368 g/mol. The van der Waals surface area contributed by atoms with Crippen LogP contribution in [0, 0.1) is 0 Å². The Bertz CT molecular complexity index is 741. The first kappa shape index (κ1) is 19.2. The normalized spacial score (nSPS) is 17.1. The van der Waals surface area contributed by atoms with E-state index < -0.39 is 15.4 Å². The topological polar surface area (TPSA) is 92.8 Å². The zero-order valence-corrected chi connectivity index (χ0v) is 15.6. The first-order valence-electron chi connectivity index (χ1n) is 8.14. The molecule has 0 saturated carbocycles. The number of carbonyl (C=O) groups excluding carboxylic acids is 2. The minimum atomic E-state index is -3.46. The smallest absolute Gasteiger partial charge is 0.245 e. The molecular weight excluding hydrogens is 344 g/mol. The second-order valence-electron chi connectivity index (χ2n) is 6.46. The van der Waals surface area contributed by atoms with Gasteiger partial charge in [0.25, 0.3) is 0 Å². The van der Waals surface area contributed by atoms with Crippen molar-refractivity contribution in [2.75, 3.05) is 26.0 Å². The molecule has 25 heavy (non-hydrogen) atoms. The van der Waals surface area contributed by atoms with Crippen LogP contribution >= 0.6 is 0 Å². The Balaban J connectivity index is 1.94. The van der Waals surface area contributed by atoms with E-state index in [1.54, 1.807) is 26.0 Å². The van der Waals surface area contributed by atoms with E-state index in [0.29, 0.717) is 18.8 Å². The first-order valence-corrected chi connectivity index (χ1v) is 9.79. The van der Waals surface area contributed by atoms with E-state index in [2.05, 4.69) is 5.32 Å². The minimum Gasteiger partial charge on any atom is -0.497 e. The summed E-state index contributed by atoms with van der Waals surface area (Å²) < 4.78 is 29.7. The van der Waals surface area contributed by atoms with Crippen LogP contribution in [0.25, 0.3) is 0 Å². The SMILES string of the molecule is COc1ccc(S(=O)(=O)CCCC(=O)N2CCNC(=O)C2(C)C)cc1. The Labute approximate surface area is 148 Å². The number of benzene rings is 1. The number of nitrogens with zero attached hydrogens (tertiary/aromatic N) is 1. The molecule has 1 fully saturated rings. The molecule has 0 radical (unpaired) electrons. The van der Waals surface area contributed by atoms with Crippen molar-refractivity contribution in [1.29, 1.82) is 0 Å². The van der Waals surface area contributed by atoms with Gasteiger partial charge >= 0.3 is 0 Å². The van der Waals surface area contributed by atoms with Crippen LogP contribution in [0.1, 0.15) is 26.7 Å². The van der Waals surface area contributed by atoms with E-state index in [1.165, 1.54) is 24.1 Å². The minimum absolute atomic E-state index is 0.0894.